The van der Waals surface area contributed by atoms with E-state index in [1.807, 2.05) is 30.3 Å². The van der Waals surface area contributed by atoms with E-state index in [4.69, 9.17) is 9.47 Å². The van der Waals surface area contributed by atoms with E-state index in [0.29, 0.717) is 25.4 Å². The van der Waals surface area contributed by atoms with E-state index in [-0.39, 0.29) is 29.9 Å². The Balaban J connectivity index is 1.17. The lowest BCUT2D eigenvalue weighted by Gasteiger charge is -2.27. The quantitative estimate of drug-likeness (QED) is 0.266. The van der Waals surface area contributed by atoms with Crippen LogP contribution in [0.5, 0.6) is 5.75 Å². The molecule has 2 aromatic carbocycles. The maximum atomic E-state index is 13.1. The standard InChI is InChI=1S/C28H30N2O7/c31-23-16-15-21(26(33)29-23)30-27(34)20-12-9-13-22(25(20)28(30)35)36-17-8-3-1-2-7-14-24(32)37-18-19-10-5-4-6-11-19/h4-6,9-13,21H,1-3,7-8,14-18H2,(H,29,31,33). The van der Waals surface area contributed by atoms with Gasteiger partial charge in [0.15, 0.2) is 0 Å². The van der Waals surface area contributed by atoms with Gasteiger partial charge in [0.1, 0.15) is 18.4 Å². The Kier molecular flexibility index (Phi) is 8.66. The van der Waals surface area contributed by atoms with Gasteiger partial charge in [-0.2, -0.15) is 0 Å². The van der Waals surface area contributed by atoms with E-state index in [1.165, 1.54) is 0 Å². The lowest BCUT2D eigenvalue weighted by molar-refractivity contribution is -0.145. The molecule has 4 amide bonds. The molecular weight excluding hydrogens is 476 g/mol. The minimum absolute atomic E-state index is 0.0715. The van der Waals surface area contributed by atoms with Crippen molar-refractivity contribution in [2.75, 3.05) is 6.61 Å². The molecular formula is C28H30N2O7. The number of unbranched alkanes of at least 4 members (excludes halogenated alkanes) is 4. The van der Waals surface area contributed by atoms with Gasteiger partial charge in [-0.05, 0) is 37.0 Å². The summed E-state index contributed by atoms with van der Waals surface area (Å²) in [5.41, 5.74) is 1.33. The zero-order valence-corrected chi connectivity index (χ0v) is 20.6. The molecule has 1 unspecified atom stereocenters. The first-order valence-corrected chi connectivity index (χ1v) is 12.6. The number of carbonyl (C=O) groups is 5. The summed E-state index contributed by atoms with van der Waals surface area (Å²) >= 11 is 0. The van der Waals surface area contributed by atoms with E-state index in [2.05, 4.69) is 5.32 Å². The number of ether oxygens (including phenoxy) is 2. The Hall–Kier alpha value is -4.01. The van der Waals surface area contributed by atoms with Crippen LogP contribution >= 0.6 is 0 Å². The SMILES string of the molecule is O=C1CCC(N2C(=O)c3cccc(OCCCCCCCC(=O)OCc4ccccc4)c3C2=O)C(=O)N1. The van der Waals surface area contributed by atoms with Gasteiger partial charge >= 0.3 is 5.97 Å². The molecule has 37 heavy (non-hydrogen) atoms. The second-order valence-electron chi connectivity index (χ2n) is 9.14. The molecule has 1 fully saturated rings. The van der Waals surface area contributed by atoms with Crippen LogP contribution in [0.2, 0.25) is 0 Å². The lowest BCUT2D eigenvalue weighted by atomic mass is 10.0. The minimum Gasteiger partial charge on any atom is -0.493 e. The molecule has 0 spiro atoms. The molecule has 1 N–H and O–H groups in total. The van der Waals surface area contributed by atoms with Crippen molar-refractivity contribution in [3.05, 3.63) is 65.2 Å². The molecule has 194 valence electrons. The zero-order valence-electron chi connectivity index (χ0n) is 20.6. The highest BCUT2D eigenvalue weighted by atomic mass is 16.5. The fourth-order valence-corrected chi connectivity index (χ4v) is 4.50. The number of esters is 1. The van der Waals surface area contributed by atoms with Crippen LogP contribution in [0.15, 0.2) is 48.5 Å². The summed E-state index contributed by atoms with van der Waals surface area (Å²) in [6, 6.07) is 13.4. The van der Waals surface area contributed by atoms with Gasteiger partial charge < -0.3 is 9.47 Å². The van der Waals surface area contributed by atoms with Crippen molar-refractivity contribution in [1.29, 1.82) is 0 Å². The van der Waals surface area contributed by atoms with Crippen molar-refractivity contribution in [3.63, 3.8) is 0 Å². The Morgan fingerprint density at radius 1 is 0.892 bits per heavy atom. The van der Waals surface area contributed by atoms with E-state index >= 15 is 0 Å². The number of piperidine rings is 1. The third-order valence-electron chi connectivity index (χ3n) is 6.46. The normalized spacial score (nSPS) is 17.0. The number of nitrogens with one attached hydrogen (secondary N) is 1. The maximum Gasteiger partial charge on any atom is 0.306 e. The van der Waals surface area contributed by atoms with Crippen LogP contribution in [0.1, 0.15) is 77.6 Å². The Morgan fingerprint density at radius 3 is 2.43 bits per heavy atom. The number of nitrogens with zero attached hydrogens (tertiary/aromatic N) is 1. The van der Waals surface area contributed by atoms with Crippen molar-refractivity contribution in [1.82, 2.24) is 10.2 Å². The van der Waals surface area contributed by atoms with E-state index in [1.54, 1.807) is 18.2 Å². The molecule has 0 saturated carbocycles. The first-order valence-electron chi connectivity index (χ1n) is 12.6. The number of hydrogen-bond donors (Lipinski definition) is 1. The smallest absolute Gasteiger partial charge is 0.306 e. The number of hydrogen-bond acceptors (Lipinski definition) is 7. The largest absolute Gasteiger partial charge is 0.493 e. The average molecular weight is 507 g/mol. The lowest BCUT2D eigenvalue weighted by Crippen LogP contribution is -2.54. The Morgan fingerprint density at radius 2 is 1.65 bits per heavy atom. The number of imide groups is 2. The molecule has 9 nitrogen and oxygen atoms in total. The Bertz CT molecular complexity index is 1180. The molecule has 0 bridgehead atoms. The van der Waals surface area contributed by atoms with Gasteiger partial charge in [0.2, 0.25) is 11.8 Å². The molecule has 9 heteroatoms. The summed E-state index contributed by atoms with van der Waals surface area (Å²) in [5.74, 6) is -2.07. The van der Waals surface area contributed by atoms with Crippen LogP contribution in [0.25, 0.3) is 0 Å². The van der Waals surface area contributed by atoms with Crippen LogP contribution in [0.3, 0.4) is 0 Å². The van der Waals surface area contributed by atoms with Crippen LogP contribution in [-0.4, -0.2) is 47.1 Å². The highest BCUT2D eigenvalue weighted by Gasteiger charge is 2.45. The summed E-state index contributed by atoms with van der Waals surface area (Å²) in [6.45, 7) is 0.662. The molecule has 1 atom stereocenters. The summed E-state index contributed by atoms with van der Waals surface area (Å²) in [7, 11) is 0. The molecule has 0 radical (unpaired) electrons. The first-order chi connectivity index (χ1) is 18.0. The van der Waals surface area contributed by atoms with Crippen molar-refractivity contribution in [3.8, 4) is 5.75 Å². The maximum absolute atomic E-state index is 13.1. The monoisotopic (exact) mass is 506 g/mol. The van der Waals surface area contributed by atoms with Crippen molar-refractivity contribution >= 4 is 29.6 Å². The predicted molar refractivity (Wildman–Crippen MR) is 133 cm³/mol. The second kappa shape index (κ2) is 12.3. The molecule has 2 aliphatic heterocycles. The third-order valence-corrected chi connectivity index (χ3v) is 6.46. The van der Waals surface area contributed by atoms with Crippen molar-refractivity contribution in [2.45, 2.75) is 64.0 Å². The van der Waals surface area contributed by atoms with E-state index in [9.17, 15) is 24.0 Å². The topological polar surface area (TPSA) is 119 Å². The summed E-state index contributed by atoms with van der Waals surface area (Å²) in [4.78, 5) is 62.4. The van der Waals surface area contributed by atoms with Gasteiger partial charge in [0, 0.05) is 12.8 Å². The fraction of sp³-hybridized carbons (Fsp3) is 0.393. The molecule has 4 rings (SSSR count). The van der Waals surface area contributed by atoms with Crippen LogP contribution < -0.4 is 10.1 Å². The van der Waals surface area contributed by atoms with Gasteiger partial charge in [-0.1, -0.05) is 55.7 Å². The highest BCUT2D eigenvalue weighted by Crippen LogP contribution is 2.33. The predicted octanol–water partition coefficient (Wildman–Crippen LogP) is 3.55. The molecule has 0 aromatic heterocycles. The van der Waals surface area contributed by atoms with Gasteiger partial charge in [-0.25, -0.2) is 0 Å². The number of benzene rings is 2. The fourth-order valence-electron chi connectivity index (χ4n) is 4.50. The molecule has 2 heterocycles. The third kappa shape index (κ3) is 6.41. The number of amides is 4. The van der Waals surface area contributed by atoms with E-state index < -0.39 is 29.7 Å². The highest BCUT2D eigenvalue weighted by molar-refractivity contribution is 6.24. The number of carbonyl (C=O) groups excluding carboxylic acids is 5. The molecule has 2 aromatic rings. The van der Waals surface area contributed by atoms with Crippen LogP contribution in [0, 0.1) is 0 Å². The average Bonchev–Trinajstić information content (AvgIpc) is 3.15. The van der Waals surface area contributed by atoms with Gasteiger partial charge in [-0.3, -0.25) is 34.2 Å². The Labute approximate surface area is 215 Å². The second-order valence-corrected chi connectivity index (χ2v) is 9.14. The van der Waals surface area contributed by atoms with Crippen LogP contribution in [0.4, 0.5) is 0 Å². The van der Waals surface area contributed by atoms with Gasteiger partial charge in [0.05, 0.1) is 17.7 Å². The minimum atomic E-state index is -1.01. The molecule has 2 aliphatic rings. The van der Waals surface area contributed by atoms with Crippen molar-refractivity contribution < 1.29 is 33.4 Å². The zero-order chi connectivity index (χ0) is 26.2. The summed E-state index contributed by atoms with van der Waals surface area (Å²) in [6.07, 6.45) is 4.80. The first kappa shape index (κ1) is 26.1. The molecule has 1 saturated heterocycles. The summed E-state index contributed by atoms with van der Waals surface area (Å²) < 4.78 is 11.1. The van der Waals surface area contributed by atoms with Gasteiger partial charge in [-0.15, -0.1) is 0 Å². The van der Waals surface area contributed by atoms with Crippen LogP contribution in [-0.2, 0) is 25.7 Å². The number of rotatable bonds is 12. The van der Waals surface area contributed by atoms with E-state index in [0.717, 1.165) is 42.6 Å². The van der Waals surface area contributed by atoms with Gasteiger partial charge in [0.25, 0.3) is 11.8 Å². The van der Waals surface area contributed by atoms with Crippen molar-refractivity contribution in [2.24, 2.45) is 0 Å². The molecule has 0 aliphatic carbocycles. The number of fused-ring (bicyclic) bond motifs is 1. The summed E-state index contributed by atoms with van der Waals surface area (Å²) in [5, 5.41) is 2.19.